The molecule has 110 valence electrons. The number of nitrogens with zero attached hydrogens (tertiary/aromatic N) is 2. The van der Waals surface area contributed by atoms with E-state index in [9.17, 15) is 9.18 Å². The van der Waals surface area contributed by atoms with Crippen LogP contribution in [0.3, 0.4) is 0 Å². The van der Waals surface area contributed by atoms with Crippen LogP contribution < -0.4 is 0 Å². The monoisotopic (exact) mass is 298 g/mol. The summed E-state index contributed by atoms with van der Waals surface area (Å²) in [5, 5.41) is 12.8. The molecule has 1 N–H and O–H groups in total. The van der Waals surface area contributed by atoms with E-state index in [2.05, 4.69) is 10.1 Å². The number of rotatable bonds is 3. The van der Waals surface area contributed by atoms with Crippen LogP contribution in [0.15, 0.2) is 47.0 Å². The molecule has 0 bridgehead atoms. The van der Waals surface area contributed by atoms with Crippen LogP contribution in [0.1, 0.15) is 15.9 Å². The summed E-state index contributed by atoms with van der Waals surface area (Å²) in [7, 11) is 0. The fourth-order valence-electron chi connectivity index (χ4n) is 2.04. The first-order chi connectivity index (χ1) is 10.5. The quantitative estimate of drug-likeness (QED) is 0.800. The van der Waals surface area contributed by atoms with Crippen molar-refractivity contribution >= 4 is 5.97 Å². The van der Waals surface area contributed by atoms with Crippen molar-refractivity contribution in [3.05, 3.63) is 59.4 Å². The predicted molar refractivity (Wildman–Crippen MR) is 76.8 cm³/mol. The summed E-state index contributed by atoms with van der Waals surface area (Å²) < 4.78 is 19.0. The number of benzene rings is 2. The zero-order valence-corrected chi connectivity index (χ0v) is 11.6. The molecule has 1 heterocycles. The fourth-order valence-corrected chi connectivity index (χ4v) is 2.04. The van der Waals surface area contributed by atoms with Crippen LogP contribution in [0.2, 0.25) is 0 Å². The number of carboxylic acids is 1. The Bertz CT molecular complexity index is 858. The molecule has 0 atom stereocenters. The van der Waals surface area contributed by atoms with Gasteiger partial charge < -0.3 is 9.63 Å². The molecule has 0 fully saturated rings. The second-order valence-electron chi connectivity index (χ2n) is 4.79. The van der Waals surface area contributed by atoms with Crippen molar-refractivity contribution in [2.75, 3.05) is 0 Å². The molecule has 2 aromatic carbocycles. The van der Waals surface area contributed by atoms with E-state index in [0.29, 0.717) is 5.56 Å². The molecule has 22 heavy (non-hydrogen) atoms. The molecule has 0 radical (unpaired) electrons. The third-order valence-corrected chi connectivity index (χ3v) is 3.15. The van der Waals surface area contributed by atoms with Crippen LogP contribution in [-0.2, 0) is 0 Å². The van der Waals surface area contributed by atoms with E-state index < -0.39 is 11.8 Å². The molecule has 3 rings (SSSR count). The van der Waals surface area contributed by atoms with Gasteiger partial charge in [-0.05, 0) is 36.8 Å². The Morgan fingerprint density at radius 3 is 2.77 bits per heavy atom. The van der Waals surface area contributed by atoms with Gasteiger partial charge in [-0.3, -0.25) is 0 Å². The zero-order valence-electron chi connectivity index (χ0n) is 11.6. The van der Waals surface area contributed by atoms with Crippen molar-refractivity contribution in [2.24, 2.45) is 0 Å². The van der Waals surface area contributed by atoms with E-state index in [-0.39, 0.29) is 22.8 Å². The lowest BCUT2D eigenvalue weighted by molar-refractivity contribution is 0.0697. The maximum absolute atomic E-state index is 13.9. The first kappa shape index (κ1) is 13.9. The lowest BCUT2D eigenvalue weighted by Gasteiger charge is -1.98. The Balaban J connectivity index is 2.00. The van der Waals surface area contributed by atoms with Crippen LogP contribution in [0.25, 0.3) is 22.8 Å². The molecule has 6 heteroatoms. The van der Waals surface area contributed by atoms with E-state index >= 15 is 0 Å². The van der Waals surface area contributed by atoms with Crippen molar-refractivity contribution in [1.82, 2.24) is 10.1 Å². The van der Waals surface area contributed by atoms with Crippen LogP contribution in [0.5, 0.6) is 0 Å². The number of aryl methyl sites for hydroxylation is 1. The van der Waals surface area contributed by atoms with Crippen LogP contribution in [-0.4, -0.2) is 21.2 Å². The Labute approximate surface area is 125 Å². The van der Waals surface area contributed by atoms with Gasteiger partial charge in [0.05, 0.1) is 11.1 Å². The molecule has 0 unspecified atom stereocenters. The zero-order chi connectivity index (χ0) is 15.7. The molecule has 0 saturated carbocycles. The lowest BCUT2D eigenvalue weighted by Crippen LogP contribution is -1.96. The molecule has 0 aliphatic heterocycles. The lowest BCUT2D eigenvalue weighted by atomic mass is 10.1. The van der Waals surface area contributed by atoms with Gasteiger partial charge in [-0.25, -0.2) is 9.18 Å². The van der Waals surface area contributed by atoms with Crippen LogP contribution in [0, 0.1) is 12.7 Å². The SMILES string of the molecule is Cc1ccc(-c2nc(-c3cccc(C(=O)O)c3)no2)c(F)c1. The molecule has 5 nitrogen and oxygen atoms in total. The average molecular weight is 298 g/mol. The van der Waals surface area contributed by atoms with Gasteiger partial charge in [-0.1, -0.05) is 23.4 Å². The van der Waals surface area contributed by atoms with E-state index in [4.69, 9.17) is 9.63 Å². The summed E-state index contributed by atoms with van der Waals surface area (Å²) in [4.78, 5) is 15.1. The van der Waals surface area contributed by atoms with Crippen molar-refractivity contribution in [2.45, 2.75) is 6.92 Å². The second kappa shape index (κ2) is 5.40. The highest BCUT2D eigenvalue weighted by atomic mass is 19.1. The minimum Gasteiger partial charge on any atom is -0.478 e. The molecule has 0 spiro atoms. The number of aromatic carboxylic acids is 1. The molecule has 0 amide bonds. The Morgan fingerprint density at radius 1 is 1.23 bits per heavy atom. The van der Waals surface area contributed by atoms with Crippen LogP contribution >= 0.6 is 0 Å². The number of carboxylic acid groups (broad SMARTS) is 1. The topological polar surface area (TPSA) is 76.2 Å². The highest BCUT2D eigenvalue weighted by Crippen LogP contribution is 2.25. The maximum atomic E-state index is 13.9. The van der Waals surface area contributed by atoms with Crippen LogP contribution in [0.4, 0.5) is 4.39 Å². The molecule has 1 aromatic heterocycles. The molecule has 3 aromatic rings. The highest BCUT2D eigenvalue weighted by molar-refractivity contribution is 5.89. The standard InChI is InChI=1S/C16H11FN2O3/c1-9-5-6-12(13(17)7-9)15-18-14(19-22-15)10-3-2-4-11(8-10)16(20)21/h2-8H,1H3,(H,20,21). The molecular weight excluding hydrogens is 287 g/mol. The fraction of sp³-hybridized carbons (Fsp3) is 0.0625. The molecule has 0 aliphatic rings. The minimum absolute atomic E-state index is 0.0493. The highest BCUT2D eigenvalue weighted by Gasteiger charge is 2.15. The van der Waals surface area contributed by atoms with Gasteiger partial charge in [0.25, 0.3) is 5.89 Å². The van der Waals surface area contributed by atoms with Crippen molar-refractivity contribution in [1.29, 1.82) is 0 Å². The van der Waals surface area contributed by atoms with Gasteiger partial charge in [0, 0.05) is 5.56 Å². The summed E-state index contributed by atoms with van der Waals surface area (Å²) in [5.41, 5.74) is 1.60. The van der Waals surface area contributed by atoms with E-state index in [1.807, 2.05) is 0 Å². The van der Waals surface area contributed by atoms with E-state index in [0.717, 1.165) is 5.56 Å². The van der Waals surface area contributed by atoms with Gasteiger partial charge >= 0.3 is 5.97 Å². The molecular formula is C16H11FN2O3. The Hall–Kier alpha value is -3.02. The molecule has 0 aliphatic carbocycles. The number of hydrogen-bond donors (Lipinski definition) is 1. The van der Waals surface area contributed by atoms with E-state index in [1.165, 1.54) is 18.2 Å². The largest absolute Gasteiger partial charge is 0.478 e. The van der Waals surface area contributed by atoms with Gasteiger partial charge in [-0.2, -0.15) is 4.98 Å². The number of aromatic nitrogens is 2. The van der Waals surface area contributed by atoms with Crippen molar-refractivity contribution < 1.29 is 18.8 Å². The first-order valence-electron chi connectivity index (χ1n) is 6.48. The van der Waals surface area contributed by atoms with E-state index in [1.54, 1.807) is 31.2 Å². The number of halogens is 1. The summed E-state index contributed by atoms with van der Waals surface area (Å²) in [6.07, 6.45) is 0. The third kappa shape index (κ3) is 2.58. The number of carbonyl (C=O) groups is 1. The van der Waals surface area contributed by atoms with Crippen molar-refractivity contribution in [3.8, 4) is 22.8 Å². The summed E-state index contributed by atoms with van der Waals surface area (Å²) in [6.45, 7) is 1.78. The van der Waals surface area contributed by atoms with Gasteiger partial charge in [-0.15, -0.1) is 0 Å². The normalized spacial score (nSPS) is 10.6. The summed E-state index contributed by atoms with van der Waals surface area (Å²) in [5.74, 6) is -1.24. The smallest absolute Gasteiger partial charge is 0.335 e. The maximum Gasteiger partial charge on any atom is 0.335 e. The Kier molecular flexibility index (Phi) is 3.42. The Morgan fingerprint density at radius 2 is 2.05 bits per heavy atom. The summed E-state index contributed by atoms with van der Waals surface area (Å²) >= 11 is 0. The summed E-state index contributed by atoms with van der Waals surface area (Å²) in [6, 6.07) is 10.8. The first-order valence-corrected chi connectivity index (χ1v) is 6.48. The number of hydrogen-bond acceptors (Lipinski definition) is 4. The van der Waals surface area contributed by atoms with Gasteiger partial charge in [0.15, 0.2) is 0 Å². The van der Waals surface area contributed by atoms with Gasteiger partial charge in [0.1, 0.15) is 5.82 Å². The minimum atomic E-state index is -1.05. The van der Waals surface area contributed by atoms with Crippen molar-refractivity contribution in [3.63, 3.8) is 0 Å². The third-order valence-electron chi connectivity index (χ3n) is 3.15. The average Bonchev–Trinajstić information content (AvgIpc) is 2.97. The van der Waals surface area contributed by atoms with Gasteiger partial charge in [0.2, 0.25) is 5.82 Å². The molecule has 0 saturated heterocycles. The predicted octanol–water partition coefficient (Wildman–Crippen LogP) is 3.55. The second-order valence-corrected chi connectivity index (χ2v) is 4.79.